The van der Waals surface area contributed by atoms with Gasteiger partial charge in [0.2, 0.25) is 0 Å². The first-order chi connectivity index (χ1) is 9.67. The highest BCUT2D eigenvalue weighted by Gasteiger charge is 2.37. The van der Waals surface area contributed by atoms with Gasteiger partial charge in [-0.15, -0.1) is 0 Å². The Hall–Kier alpha value is -1.54. The van der Waals surface area contributed by atoms with Crippen molar-refractivity contribution in [3.8, 4) is 5.75 Å². The van der Waals surface area contributed by atoms with E-state index in [9.17, 15) is 0 Å². The monoisotopic (exact) mass is 272 g/mol. The van der Waals surface area contributed by atoms with Gasteiger partial charge in [-0.1, -0.05) is 43.4 Å². The molecule has 0 unspecified atom stereocenters. The van der Waals surface area contributed by atoms with E-state index in [1.54, 1.807) is 0 Å². The maximum Gasteiger partial charge on any atom is 0.119 e. The van der Waals surface area contributed by atoms with Crippen molar-refractivity contribution in [3.63, 3.8) is 0 Å². The Labute approximate surface area is 122 Å². The summed E-state index contributed by atoms with van der Waals surface area (Å²) in [5.41, 5.74) is 2.62. The smallest absolute Gasteiger partial charge is 0.119 e. The molecular formula is C18H24O2. The van der Waals surface area contributed by atoms with Gasteiger partial charge >= 0.3 is 0 Å². The van der Waals surface area contributed by atoms with E-state index < -0.39 is 0 Å². The van der Waals surface area contributed by atoms with Gasteiger partial charge in [-0.2, -0.15) is 0 Å². The van der Waals surface area contributed by atoms with Crippen LogP contribution in [0, 0.1) is 5.41 Å². The lowest BCUT2D eigenvalue weighted by atomic mass is 9.84. The second-order valence-corrected chi connectivity index (χ2v) is 5.61. The first-order valence-electron chi connectivity index (χ1n) is 7.27. The summed E-state index contributed by atoms with van der Waals surface area (Å²) < 4.78 is 11.2. The van der Waals surface area contributed by atoms with Gasteiger partial charge in [0.1, 0.15) is 5.75 Å². The predicted molar refractivity (Wildman–Crippen MR) is 83.1 cm³/mol. The lowest BCUT2D eigenvalue weighted by Crippen LogP contribution is -2.46. The van der Waals surface area contributed by atoms with E-state index in [1.807, 2.05) is 31.2 Å². The van der Waals surface area contributed by atoms with E-state index in [0.717, 1.165) is 44.0 Å². The molecule has 0 amide bonds. The predicted octanol–water partition coefficient (Wildman–Crippen LogP) is 4.17. The summed E-state index contributed by atoms with van der Waals surface area (Å²) in [5, 5.41) is 0. The SMILES string of the molecule is C=C(/C=C/C)Cc1ccc(OCC2(CC)COC2)cc1. The number of benzene rings is 1. The van der Waals surface area contributed by atoms with Crippen LogP contribution in [0.3, 0.4) is 0 Å². The fourth-order valence-electron chi connectivity index (χ4n) is 2.28. The van der Waals surface area contributed by atoms with Gasteiger partial charge in [0.25, 0.3) is 0 Å². The minimum absolute atomic E-state index is 0.235. The zero-order valence-corrected chi connectivity index (χ0v) is 12.5. The van der Waals surface area contributed by atoms with E-state index in [1.165, 1.54) is 5.56 Å². The molecule has 0 bridgehead atoms. The van der Waals surface area contributed by atoms with Crippen molar-refractivity contribution in [2.24, 2.45) is 5.41 Å². The van der Waals surface area contributed by atoms with E-state index in [0.29, 0.717) is 0 Å². The number of hydrogen-bond donors (Lipinski definition) is 0. The Balaban J connectivity index is 1.86. The first-order valence-corrected chi connectivity index (χ1v) is 7.27. The molecule has 108 valence electrons. The summed E-state index contributed by atoms with van der Waals surface area (Å²) in [5.74, 6) is 0.935. The van der Waals surface area contributed by atoms with Crippen LogP contribution in [0.25, 0.3) is 0 Å². The van der Waals surface area contributed by atoms with Crippen molar-refractivity contribution < 1.29 is 9.47 Å². The van der Waals surface area contributed by atoms with E-state index >= 15 is 0 Å². The van der Waals surface area contributed by atoms with Crippen LogP contribution < -0.4 is 4.74 Å². The number of ether oxygens (including phenoxy) is 2. The standard InChI is InChI=1S/C18H24O2/c1-4-6-15(3)11-16-7-9-17(10-8-16)20-14-18(5-2)12-19-13-18/h4,6-10H,3,5,11-14H2,1-2H3/b6-4+. The summed E-state index contributed by atoms with van der Waals surface area (Å²) in [6.45, 7) is 10.6. The lowest BCUT2D eigenvalue weighted by molar-refractivity contribution is -0.133. The van der Waals surface area contributed by atoms with Crippen molar-refractivity contribution in [1.29, 1.82) is 0 Å². The molecular weight excluding hydrogens is 248 g/mol. The molecule has 0 aliphatic carbocycles. The second kappa shape index (κ2) is 6.76. The normalized spacial score (nSPS) is 16.9. The largest absolute Gasteiger partial charge is 0.493 e. The highest BCUT2D eigenvalue weighted by atomic mass is 16.5. The summed E-state index contributed by atoms with van der Waals surface area (Å²) in [7, 11) is 0. The maximum atomic E-state index is 5.90. The van der Waals surface area contributed by atoms with Gasteiger partial charge < -0.3 is 9.47 Å². The fourth-order valence-corrected chi connectivity index (χ4v) is 2.28. The summed E-state index contributed by atoms with van der Waals surface area (Å²) in [6, 6.07) is 8.31. The van der Waals surface area contributed by atoms with Crippen molar-refractivity contribution in [2.45, 2.75) is 26.7 Å². The van der Waals surface area contributed by atoms with Crippen LogP contribution in [0.2, 0.25) is 0 Å². The summed E-state index contributed by atoms with van der Waals surface area (Å²) in [6.07, 6.45) is 6.06. The molecule has 1 aliphatic heterocycles. The van der Waals surface area contributed by atoms with Gasteiger partial charge in [-0.05, 0) is 37.5 Å². The molecule has 2 rings (SSSR count). The average Bonchev–Trinajstić information content (AvgIpc) is 2.40. The van der Waals surface area contributed by atoms with Crippen LogP contribution in [0.15, 0.2) is 48.6 Å². The third-order valence-corrected chi connectivity index (χ3v) is 3.87. The summed E-state index contributed by atoms with van der Waals surface area (Å²) >= 11 is 0. The molecule has 1 aliphatic rings. The summed E-state index contributed by atoms with van der Waals surface area (Å²) in [4.78, 5) is 0. The van der Waals surface area contributed by atoms with Gasteiger partial charge in [0.15, 0.2) is 0 Å². The van der Waals surface area contributed by atoms with Crippen molar-refractivity contribution in [2.75, 3.05) is 19.8 Å². The van der Waals surface area contributed by atoms with Gasteiger partial charge in [0, 0.05) is 0 Å². The van der Waals surface area contributed by atoms with Crippen molar-refractivity contribution >= 4 is 0 Å². The first kappa shape index (κ1) is 14.9. The van der Waals surface area contributed by atoms with E-state index in [-0.39, 0.29) is 5.41 Å². The molecule has 0 aromatic heterocycles. The molecule has 0 saturated carbocycles. The zero-order chi connectivity index (χ0) is 14.4. The minimum Gasteiger partial charge on any atom is -0.493 e. The number of rotatable bonds is 7. The molecule has 0 radical (unpaired) electrons. The van der Waals surface area contributed by atoms with Gasteiger partial charge in [-0.25, -0.2) is 0 Å². The maximum absolute atomic E-state index is 5.90. The molecule has 1 aromatic carbocycles. The molecule has 1 fully saturated rings. The quantitative estimate of drug-likeness (QED) is 0.694. The Bertz CT molecular complexity index is 461. The average molecular weight is 272 g/mol. The van der Waals surface area contributed by atoms with Gasteiger partial charge in [0.05, 0.1) is 25.2 Å². The Kier molecular flexibility index (Phi) is 5.02. The molecule has 0 atom stereocenters. The lowest BCUT2D eigenvalue weighted by Gasteiger charge is -2.40. The van der Waals surface area contributed by atoms with Crippen LogP contribution >= 0.6 is 0 Å². The molecule has 2 nitrogen and oxygen atoms in total. The second-order valence-electron chi connectivity index (χ2n) is 5.61. The minimum atomic E-state index is 0.235. The number of allylic oxidation sites excluding steroid dienone is 3. The highest BCUT2D eigenvalue weighted by Crippen LogP contribution is 2.32. The third-order valence-electron chi connectivity index (χ3n) is 3.87. The van der Waals surface area contributed by atoms with E-state index in [2.05, 4.69) is 25.6 Å². The molecule has 1 aromatic rings. The number of hydrogen-bond acceptors (Lipinski definition) is 2. The highest BCUT2D eigenvalue weighted by molar-refractivity contribution is 5.31. The molecule has 0 N–H and O–H groups in total. The third kappa shape index (κ3) is 3.73. The topological polar surface area (TPSA) is 18.5 Å². The Morgan fingerprint density at radius 2 is 2.05 bits per heavy atom. The molecule has 20 heavy (non-hydrogen) atoms. The van der Waals surface area contributed by atoms with Crippen LogP contribution in [0.4, 0.5) is 0 Å². The van der Waals surface area contributed by atoms with Crippen LogP contribution in [-0.2, 0) is 11.2 Å². The fraction of sp³-hybridized carbons (Fsp3) is 0.444. The van der Waals surface area contributed by atoms with E-state index in [4.69, 9.17) is 9.47 Å². The van der Waals surface area contributed by atoms with Crippen molar-refractivity contribution in [3.05, 3.63) is 54.1 Å². The molecule has 2 heteroatoms. The Morgan fingerprint density at radius 3 is 2.55 bits per heavy atom. The van der Waals surface area contributed by atoms with Gasteiger partial charge in [-0.3, -0.25) is 0 Å². The van der Waals surface area contributed by atoms with Crippen molar-refractivity contribution in [1.82, 2.24) is 0 Å². The zero-order valence-electron chi connectivity index (χ0n) is 12.5. The van der Waals surface area contributed by atoms with Crippen LogP contribution in [-0.4, -0.2) is 19.8 Å². The Morgan fingerprint density at radius 1 is 1.35 bits per heavy atom. The molecule has 1 saturated heterocycles. The van der Waals surface area contributed by atoms with Crippen LogP contribution in [0.5, 0.6) is 5.75 Å². The van der Waals surface area contributed by atoms with Crippen LogP contribution in [0.1, 0.15) is 25.8 Å². The molecule has 0 spiro atoms. The molecule has 1 heterocycles.